The first-order chi connectivity index (χ1) is 16.0. The number of ether oxygens (including phenoxy) is 3. The molecule has 0 aliphatic heterocycles. The summed E-state index contributed by atoms with van der Waals surface area (Å²) in [5, 5.41) is 11.0. The summed E-state index contributed by atoms with van der Waals surface area (Å²) in [5.41, 5.74) is 2.44. The average Bonchev–Trinajstić information content (AvgIpc) is 2.85. The molecule has 7 nitrogen and oxygen atoms in total. The molecule has 0 radical (unpaired) electrons. The third-order valence-corrected chi connectivity index (χ3v) is 4.73. The number of rotatable bonds is 7. The molecule has 0 saturated heterocycles. The molecule has 0 aliphatic rings. The largest absolute Gasteiger partial charge is 0.497 e. The van der Waals surface area contributed by atoms with Crippen LogP contribution in [-0.4, -0.2) is 30.3 Å². The highest BCUT2D eigenvalue weighted by Gasteiger charge is 2.10. The predicted molar refractivity (Wildman–Crippen MR) is 121 cm³/mol. The lowest BCUT2D eigenvalue weighted by Gasteiger charge is -2.10. The van der Waals surface area contributed by atoms with Gasteiger partial charge in [0.05, 0.1) is 19.9 Å². The lowest BCUT2D eigenvalue weighted by molar-refractivity contribution is 0.102. The number of aromatic nitrogens is 2. The van der Waals surface area contributed by atoms with E-state index < -0.39 is 0 Å². The van der Waals surface area contributed by atoms with Gasteiger partial charge >= 0.3 is 0 Å². The Morgan fingerprint density at radius 2 is 1.45 bits per heavy atom. The number of nitrogens with zero attached hydrogens (tertiary/aromatic N) is 2. The maximum atomic E-state index is 13.0. The number of carbonyl (C=O) groups excluding carboxylic acids is 1. The van der Waals surface area contributed by atoms with Crippen molar-refractivity contribution < 1.29 is 23.4 Å². The Hall–Kier alpha value is -4.46. The Labute approximate surface area is 189 Å². The average molecular weight is 445 g/mol. The minimum Gasteiger partial charge on any atom is -0.497 e. The number of carbonyl (C=O) groups is 1. The van der Waals surface area contributed by atoms with Crippen LogP contribution in [0.4, 0.5) is 10.1 Å². The van der Waals surface area contributed by atoms with Crippen LogP contribution >= 0.6 is 0 Å². The van der Waals surface area contributed by atoms with E-state index in [4.69, 9.17) is 14.2 Å². The van der Waals surface area contributed by atoms with E-state index in [0.29, 0.717) is 34.2 Å². The van der Waals surface area contributed by atoms with Crippen molar-refractivity contribution >= 4 is 11.6 Å². The second-order valence-electron chi connectivity index (χ2n) is 6.95. The van der Waals surface area contributed by atoms with E-state index in [0.717, 1.165) is 5.56 Å². The van der Waals surface area contributed by atoms with Crippen LogP contribution in [0.3, 0.4) is 0 Å². The molecule has 0 saturated carbocycles. The Morgan fingerprint density at radius 1 is 0.788 bits per heavy atom. The fourth-order valence-corrected chi connectivity index (χ4v) is 3.03. The molecular formula is C25H20FN3O4. The van der Waals surface area contributed by atoms with Gasteiger partial charge in [0.15, 0.2) is 0 Å². The van der Waals surface area contributed by atoms with Gasteiger partial charge in [-0.05, 0) is 42.5 Å². The molecular weight excluding hydrogens is 425 g/mol. The van der Waals surface area contributed by atoms with Crippen LogP contribution in [0.1, 0.15) is 10.4 Å². The molecule has 1 heterocycles. The van der Waals surface area contributed by atoms with Gasteiger partial charge in [-0.1, -0.05) is 12.1 Å². The molecule has 0 spiro atoms. The summed E-state index contributed by atoms with van der Waals surface area (Å²) in [6, 6.07) is 21.2. The van der Waals surface area contributed by atoms with E-state index >= 15 is 0 Å². The van der Waals surface area contributed by atoms with Crippen molar-refractivity contribution in [2.45, 2.75) is 0 Å². The van der Waals surface area contributed by atoms with Crippen LogP contribution in [0.5, 0.6) is 23.1 Å². The molecule has 0 bridgehead atoms. The van der Waals surface area contributed by atoms with Gasteiger partial charge in [-0.15, -0.1) is 10.2 Å². The van der Waals surface area contributed by atoms with Crippen LogP contribution in [0, 0.1) is 5.82 Å². The summed E-state index contributed by atoms with van der Waals surface area (Å²) in [4.78, 5) is 12.6. The van der Waals surface area contributed by atoms with Gasteiger partial charge in [0, 0.05) is 41.1 Å². The first-order valence-corrected chi connectivity index (χ1v) is 9.96. The number of anilines is 1. The fourth-order valence-electron chi connectivity index (χ4n) is 3.03. The third kappa shape index (κ3) is 5.43. The SMILES string of the molecule is COc1cc(NC(=O)c2ccc(-c3ccc(Oc4ccc(F)cc4)nn3)cc2)cc(OC)c1. The molecule has 166 valence electrons. The lowest BCUT2D eigenvalue weighted by atomic mass is 10.1. The summed E-state index contributed by atoms with van der Waals surface area (Å²) >= 11 is 0. The van der Waals surface area contributed by atoms with Crippen LogP contribution in [-0.2, 0) is 0 Å². The second-order valence-corrected chi connectivity index (χ2v) is 6.95. The standard InChI is InChI=1S/C25H20FN3O4/c1-31-21-13-19(14-22(15-21)32-2)27-25(30)17-5-3-16(4-6-17)23-11-12-24(29-28-23)33-20-9-7-18(26)8-10-20/h3-15H,1-2H3,(H,27,30). The first kappa shape index (κ1) is 21.8. The molecule has 4 aromatic rings. The summed E-state index contributed by atoms with van der Waals surface area (Å²) in [6.45, 7) is 0. The molecule has 0 unspecified atom stereocenters. The minimum absolute atomic E-state index is 0.272. The van der Waals surface area contributed by atoms with Gasteiger partial charge in [0.2, 0.25) is 5.88 Å². The number of benzene rings is 3. The normalized spacial score (nSPS) is 10.4. The van der Waals surface area contributed by atoms with Crippen molar-refractivity contribution in [2.24, 2.45) is 0 Å². The fraction of sp³-hybridized carbons (Fsp3) is 0.0800. The summed E-state index contributed by atoms with van der Waals surface area (Å²) in [6.07, 6.45) is 0. The maximum absolute atomic E-state index is 13.0. The lowest BCUT2D eigenvalue weighted by Crippen LogP contribution is -2.12. The van der Waals surface area contributed by atoms with Gasteiger partial charge in [-0.3, -0.25) is 4.79 Å². The molecule has 33 heavy (non-hydrogen) atoms. The quantitative estimate of drug-likeness (QED) is 0.413. The van der Waals surface area contributed by atoms with E-state index in [1.165, 1.54) is 24.3 Å². The van der Waals surface area contributed by atoms with E-state index in [-0.39, 0.29) is 17.6 Å². The minimum atomic E-state index is -0.343. The van der Waals surface area contributed by atoms with Crippen molar-refractivity contribution in [3.63, 3.8) is 0 Å². The molecule has 1 N–H and O–H groups in total. The van der Waals surface area contributed by atoms with Gasteiger partial charge < -0.3 is 19.5 Å². The first-order valence-electron chi connectivity index (χ1n) is 9.96. The van der Waals surface area contributed by atoms with Crippen molar-refractivity contribution in [3.05, 3.63) is 90.2 Å². The number of amides is 1. The number of nitrogens with one attached hydrogen (secondary N) is 1. The maximum Gasteiger partial charge on any atom is 0.255 e. The zero-order valence-corrected chi connectivity index (χ0v) is 17.9. The number of halogens is 1. The molecule has 0 fully saturated rings. The number of hydrogen-bond donors (Lipinski definition) is 1. The van der Waals surface area contributed by atoms with Crippen LogP contribution < -0.4 is 19.5 Å². The van der Waals surface area contributed by atoms with Crippen molar-refractivity contribution in [3.8, 4) is 34.4 Å². The smallest absolute Gasteiger partial charge is 0.255 e. The van der Waals surface area contributed by atoms with Gasteiger partial charge in [0.25, 0.3) is 5.91 Å². The molecule has 8 heteroatoms. The van der Waals surface area contributed by atoms with Crippen molar-refractivity contribution in [1.29, 1.82) is 0 Å². The zero-order chi connectivity index (χ0) is 23.2. The van der Waals surface area contributed by atoms with Crippen molar-refractivity contribution in [2.75, 3.05) is 19.5 Å². The van der Waals surface area contributed by atoms with Crippen LogP contribution in [0.2, 0.25) is 0 Å². The number of methoxy groups -OCH3 is 2. The van der Waals surface area contributed by atoms with Gasteiger partial charge in [0.1, 0.15) is 23.1 Å². The third-order valence-electron chi connectivity index (χ3n) is 4.73. The molecule has 1 amide bonds. The monoisotopic (exact) mass is 445 g/mol. The summed E-state index contributed by atoms with van der Waals surface area (Å²) in [7, 11) is 3.09. The van der Waals surface area contributed by atoms with E-state index in [1.807, 2.05) is 0 Å². The van der Waals surface area contributed by atoms with Gasteiger partial charge in [-0.2, -0.15) is 0 Å². The van der Waals surface area contributed by atoms with E-state index in [9.17, 15) is 9.18 Å². The Kier molecular flexibility index (Phi) is 6.45. The van der Waals surface area contributed by atoms with E-state index in [2.05, 4.69) is 15.5 Å². The topological polar surface area (TPSA) is 82.6 Å². The molecule has 4 rings (SSSR count). The second kappa shape index (κ2) is 9.78. The summed E-state index contributed by atoms with van der Waals surface area (Å²) in [5.74, 6) is 1.28. The van der Waals surface area contributed by atoms with Crippen molar-refractivity contribution in [1.82, 2.24) is 10.2 Å². The highest BCUT2D eigenvalue weighted by molar-refractivity contribution is 6.04. The summed E-state index contributed by atoms with van der Waals surface area (Å²) < 4.78 is 29.0. The van der Waals surface area contributed by atoms with Crippen LogP contribution in [0.15, 0.2) is 78.9 Å². The zero-order valence-electron chi connectivity index (χ0n) is 17.9. The highest BCUT2D eigenvalue weighted by Crippen LogP contribution is 2.27. The molecule has 3 aromatic carbocycles. The molecule has 0 aliphatic carbocycles. The predicted octanol–water partition coefficient (Wildman–Crippen LogP) is 5.34. The van der Waals surface area contributed by atoms with Crippen LogP contribution in [0.25, 0.3) is 11.3 Å². The van der Waals surface area contributed by atoms with Gasteiger partial charge in [-0.25, -0.2) is 4.39 Å². The Bertz CT molecular complexity index is 1220. The Balaban J connectivity index is 1.43. The Morgan fingerprint density at radius 3 is 2.03 bits per heavy atom. The molecule has 1 aromatic heterocycles. The molecule has 0 atom stereocenters. The van der Waals surface area contributed by atoms with E-state index in [1.54, 1.807) is 68.8 Å². The highest BCUT2D eigenvalue weighted by atomic mass is 19.1. The number of hydrogen-bond acceptors (Lipinski definition) is 6.